The van der Waals surface area contributed by atoms with Crippen molar-refractivity contribution < 1.29 is 24.2 Å². The van der Waals surface area contributed by atoms with Crippen LogP contribution in [0, 0.1) is 11.8 Å². The Kier molecular flexibility index (Phi) is 7.28. The van der Waals surface area contributed by atoms with E-state index in [4.69, 9.17) is 4.74 Å². The third kappa shape index (κ3) is 4.22. The number of amides is 3. The van der Waals surface area contributed by atoms with Gasteiger partial charge >= 0.3 is 0 Å². The van der Waals surface area contributed by atoms with Crippen molar-refractivity contribution >= 4 is 23.4 Å². The van der Waals surface area contributed by atoms with Crippen molar-refractivity contribution in [3.05, 3.63) is 30.3 Å². The number of para-hydroxylation sites is 1. The second-order valence-corrected chi connectivity index (χ2v) is 10.0. The SMILES string of the molecule is CCCCCNC(=O)C1N(CCCCO)C(=O)[C@@H]2[C@@H](C(=O)Nc3ccccc3)[C@@]3(C)CCC12O3. The lowest BCUT2D eigenvalue weighted by Gasteiger charge is -2.33. The average Bonchev–Trinajstić information content (AvgIpc) is 3.38. The molecular formula is C26H37N3O5. The Bertz CT molecular complexity index is 909. The fraction of sp³-hybridized carbons (Fsp3) is 0.654. The second-order valence-electron chi connectivity index (χ2n) is 10.0. The van der Waals surface area contributed by atoms with Gasteiger partial charge in [-0.25, -0.2) is 0 Å². The van der Waals surface area contributed by atoms with E-state index in [9.17, 15) is 19.5 Å². The van der Waals surface area contributed by atoms with E-state index >= 15 is 0 Å². The van der Waals surface area contributed by atoms with Crippen LogP contribution in [0.25, 0.3) is 0 Å². The Morgan fingerprint density at radius 2 is 1.88 bits per heavy atom. The lowest BCUT2D eigenvalue weighted by Crippen LogP contribution is -2.55. The molecule has 186 valence electrons. The second kappa shape index (κ2) is 10.0. The van der Waals surface area contributed by atoms with Crippen LogP contribution < -0.4 is 10.6 Å². The maximum Gasteiger partial charge on any atom is 0.245 e. The lowest BCUT2D eigenvalue weighted by atomic mass is 9.66. The summed E-state index contributed by atoms with van der Waals surface area (Å²) in [5, 5.41) is 15.2. The zero-order valence-electron chi connectivity index (χ0n) is 20.2. The Balaban J connectivity index is 1.62. The minimum Gasteiger partial charge on any atom is -0.396 e. The first-order valence-electron chi connectivity index (χ1n) is 12.6. The first-order chi connectivity index (χ1) is 16.4. The highest BCUT2D eigenvalue weighted by Crippen LogP contribution is 2.63. The molecule has 0 aliphatic carbocycles. The number of nitrogens with one attached hydrogen (secondary N) is 2. The zero-order chi connectivity index (χ0) is 24.3. The molecule has 34 heavy (non-hydrogen) atoms. The van der Waals surface area contributed by atoms with E-state index in [0.717, 1.165) is 19.3 Å². The molecule has 3 aliphatic rings. The van der Waals surface area contributed by atoms with Gasteiger partial charge < -0.3 is 25.4 Å². The first-order valence-corrected chi connectivity index (χ1v) is 12.6. The van der Waals surface area contributed by atoms with Gasteiger partial charge in [-0.15, -0.1) is 0 Å². The van der Waals surface area contributed by atoms with Gasteiger partial charge in [0, 0.05) is 25.4 Å². The number of ether oxygens (including phenoxy) is 1. The van der Waals surface area contributed by atoms with Crippen LogP contribution >= 0.6 is 0 Å². The number of aliphatic hydroxyl groups is 1. The molecule has 2 unspecified atom stereocenters. The number of fused-ring (bicyclic) bond motifs is 1. The summed E-state index contributed by atoms with van der Waals surface area (Å²) < 4.78 is 6.58. The molecule has 4 rings (SSSR count). The molecule has 3 heterocycles. The number of benzene rings is 1. The van der Waals surface area contributed by atoms with Gasteiger partial charge in [0.05, 0.1) is 17.4 Å². The summed E-state index contributed by atoms with van der Waals surface area (Å²) in [5.41, 5.74) is -1.13. The van der Waals surface area contributed by atoms with Crippen LogP contribution in [0.4, 0.5) is 5.69 Å². The largest absolute Gasteiger partial charge is 0.396 e. The fourth-order valence-electron chi connectivity index (χ4n) is 6.19. The smallest absolute Gasteiger partial charge is 0.245 e. The zero-order valence-corrected chi connectivity index (χ0v) is 20.2. The Hall–Kier alpha value is -2.45. The number of likely N-dealkylation sites (tertiary alicyclic amines) is 1. The molecule has 3 N–H and O–H groups in total. The van der Waals surface area contributed by atoms with Crippen LogP contribution in [0.2, 0.25) is 0 Å². The number of rotatable bonds is 11. The van der Waals surface area contributed by atoms with Gasteiger partial charge in [0.25, 0.3) is 0 Å². The summed E-state index contributed by atoms with van der Waals surface area (Å²) >= 11 is 0. The van der Waals surface area contributed by atoms with Gasteiger partial charge in [-0.05, 0) is 51.2 Å². The molecule has 1 aromatic rings. The predicted molar refractivity (Wildman–Crippen MR) is 128 cm³/mol. The highest BCUT2D eigenvalue weighted by Gasteiger charge is 2.77. The molecule has 3 aliphatic heterocycles. The monoisotopic (exact) mass is 471 g/mol. The summed E-state index contributed by atoms with van der Waals surface area (Å²) in [6, 6.07) is 8.43. The van der Waals surface area contributed by atoms with Crippen molar-refractivity contribution in [3.8, 4) is 0 Å². The number of unbranched alkanes of at least 4 members (excludes halogenated alkanes) is 3. The van der Waals surface area contributed by atoms with Crippen LogP contribution in [0.15, 0.2) is 30.3 Å². The minimum atomic E-state index is -1.00. The molecule has 0 aromatic heterocycles. The van der Waals surface area contributed by atoms with E-state index in [-0.39, 0.29) is 24.3 Å². The topological polar surface area (TPSA) is 108 Å². The number of hydrogen-bond donors (Lipinski definition) is 3. The first kappa shape index (κ1) is 24.7. The highest BCUT2D eigenvalue weighted by atomic mass is 16.5. The third-order valence-electron chi connectivity index (χ3n) is 7.74. The molecule has 0 saturated carbocycles. The predicted octanol–water partition coefficient (Wildman–Crippen LogP) is 2.47. The molecule has 3 fully saturated rings. The van der Waals surface area contributed by atoms with Gasteiger partial charge in [0.1, 0.15) is 11.6 Å². The van der Waals surface area contributed by atoms with Crippen molar-refractivity contribution in [2.45, 2.75) is 76.0 Å². The lowest BCUT2D eigenvalue weighted by molar-refractivity contribution is -0.145. The van der Waals surface area contributed by atoms with Crippen molar-refractivity contribution in [3.63, 3.8) is 0 Å². The van der Waals surface area contributed by atoms with Crippen molar-refractivity contribution in [1.82, 2.24) is 10.2 Å². The molecule has 5 atom stereocenters. The average molecular weight is 472 g/mol. The maximum absolute atomic E-state index is 13.8. The molecular weight excluding hydrogens is 434 g/mol. The van der Waals surface area contributed by atoms with Crippen molar-refractivity contribution in [2.75, 3.05) is 25.0 Å². The minimum absolute atomic E-state index is 0.0289. The number of anilines is 1. The van der Waals surface area contributed by atoms with Crippen LogP contribution in [-0.2, 0) is 19.1 Å². The summed E-state index contributed by atoms with van der Waals surface area (Å²) in [7, 11) is 0. The summed E-state index contributed by atoms with van der Waals surface area (Å²) in [4.78, 5) is 42.4. The van der Waals surface area contributed by atoms with Gasteiger partial charge in [-0.2, -0.15) is 0 Å². The van der Waals surface area contributed by atoms with Crippen LogP contribution in [0.1, 0.15) is 58.8 Å². The Labute approximate surface area is 201 Å². The van der Waals surface area contributed by atoms with E-state index in [2.05, 4.69) is 17.6 Å². The molecule has 3 amide bonds. The van der Waals surface area contributed by atoms with Gasteiger partial charge in [0.2, 0.25) is 17.7 Å². The normalized spacial score (nSPS) is 31.6. The molecule has 0 radical (unpaired) electrons. The Morgan fingerprint density at radius 1 is 1.12 bits per heavy atom. The highest BCUT2D eigenvalue weighted by molar-refractivity contribution is 6.02. The van der Waals surface area contributed by atoms with Crippen molar-refractivity contribution in [1.29, 1.82) is 0 Å². The summed E-state index contributed by atoms with van der Waals surface area (Å²) in [6.07, 6.45) is 5.27. The van der Waals surface area contributed by atoms with Crippen molar-refractivity contribution in [2.24, 2.45) is 11.8 Å². The molecule has 8 nitrogen and oxygen atoms in total. The number of nitrogens with zero attached hydrogens (tertiary/aromatic N) is 1. The maximum atomic E-state index is 13.8. The molecule has 8 heteroatoms. The van der Waals surface area contributed by atoms with E-state index in [1.54, 1.807) is 4.90 Å². The molecule has 3 saturated heterocycles. The van der Waals surface area contributed by atoms with Crippen LogP contribution in [0.3, 0.4) is 0 Å². The van der Waals surface area contributed by atoms with E-state index < -0.39 is 29.1 Å². The standard InChI is InChI=1S/C26H37N3O5/c1-3-4-8-15-27-23(32)21-26-14-13-25(2,34-26)19(22(31)28-18-11-6-5-7-12-18)20(26)24(33)29(21)16-9-10-17-30/h5-7,11-12,19-21,30H,3-4,8-10,13-17H2,1-2H3,(H,27,32)(H,28,31)/t19-,20-,21?,25+,26?/m0/s1. The summed E-state index contributed by atoms with van der Waals surface area (Å²) in [5.74, 6) is -2.01. The third-order valence-corrected chi connectivity index (χ3v) is 7.74. The summed E-state index contributed by atoms with van der Waals surface area (Å²) in [6.45, 7) is 4.95. The Morgan fingerprint density at radius 3 is 2.59 bits per heavy atom. The molecule has 2 bridgehead atoms. The van der Waals surface area contributed by atoms with Gasteiger partial charge in [-0.3, -0.25) is 14.4 Å². The van der Waals surface area contributed by atoms with E-state index in [0.29, 0.717) is 44.5 Å². The van der Waals surface area contributed by atoms with Gasteiger partial charge in [0.15, 0.2) is 0 Å². The number of hydrogen-bond acceptors (Lipinski definition) is 5. The van der Waals surface area contributed by atoms with Gasteiger partial charge in [-0.1, -0.05) is 38.0 Å². The molecule has 1 aromatic carbocycles. The number of aliphatic hydroxyl groups excluding tert-OH is 1. The number of carbonyl (C=O) groups is 3. The fourth-order valence-corrected chi connectivity index (χ4v) is 6.19. The van der Waals surface area contributed by atoms with Crippen LogP contribution in [0.5, 0.6) is 0 Å². The quantitative estimate of drug-likeness (QED) is 0.430. The van der Waals surface area contributed by atoms with E-state index in [1.807, 2.05) is 37.3 Å². The number of carbonyl (C=O) groups excluding carboxylic acids is 3. The van der Waals surface area contributed by atoms with E-state index in [1.165, 1.54) is 0 Å². The van der Waals surface area contributed by atoms with Crippen LogP contribution in [-0.4, -0.2) is 64.7 Å². The molecule has 1 spiro atoms.